The highest BCUT2D eigenvalue weighted by atomic mass is 35.5. The molecule has 0 bridgehead atoms. The third-order valence-electron chi connectivity index (χ3n) is 7.00. The van der Waals surface area contributed by atoms with Crippen molar-refractivity contribution in [2.45, 2.75) is 20.8 Å². The van der Waals surface area contributed by atoms with Gasteiger partial charge in [-0.1, -0.05) is 151 Å². The molecule has 0 saturated carbocycles. The molecule has 0 heterocycles. The molecule has 0 aliphatic carbocycles. The van der Waals surface area contributed by atoms with E-state index in [0.29, 0.717) is 0 Å². The average molecular weight is 535 g/mol. The number of halogens is 2. The second-order valence-corrected chi connectivity index (χ2v) is 10.7. The van der Waals surface area contributed by atoms with E-state index in [0.717, 1.165) is 0 Å². The van der Waals surface area contributed by atoms with Crippen LogP contribution in [0.1, 0.15) is 16.7 Å². The second-order valence-electron chi connectivity index (χ2n) is 9.58. The Kier molecular flexibility index (Phi) is 9.65. The van der Waals surface area contributed by atoms with Crippen molar-refractivity contribution in [2.75, 3.05) is 0 Å². The molecule has 5 rings (SSSR count). The maximum Gasteiger partial charge on any atom is 0.240 e. The summed E-state index contributed by atoms with van der Waals surface area (Å²) < 4.78 is 0. The van der Waals surface area contributed by atoms with E-state index in [1.165, 1.54) is 49.1 Å². The van der Waals surface area contributed by atoms with Gasteiger partial charge in [0.25, 0.3) is 0 Å². The van der Waals surface area contributed by atoms with Crippen LogP contribution < -0.4 is 21.9 Å². The lowest BCUT2D eigenvalue weighted by molar-refractivity contribution is -0.525. The second kappa shape index (κ2) is 13.3. The minimum absolute atomic E-state index is 1.22. The lowest BCUT2D eigenvalue weighted by Gasteiger charge is -2.44. The average Bonchev–Trinajstić information content (AvgIpc) is 2.96. The Balaban J connectivity index is 0.000000219. The van der Waals surface area contributed by atoms with Gasteiger partial charge in [-0.2, -0.15) is 21.9 Å². The van der Waals surface area contributed by atoms with Crippen molar-refractivity contribution >= 4 is 39.6 Å². The van der Waals surface area contributed by atoms with Crippen LogP contribution in [0.4, 0.5) is 0 Å². The van der Waals surface area contributed by atoms with Crippen molar-refractivity contribution in [3.63, 3.8) is 0 Å². The van der Waals surface area contributed by atoms with Crippen LogP contribution in [-0.4, -0.2) is 6.15 Å². The van der Waals surface area contributed by atoms with Gasteiger partial charge < -0.3 is 0 Å². The minimum Gasteiger partial charge on any atom is -0.195 e. The SMILES string of the molecule is Cc1cc(C)c([Cl+]/C=C\Cl)c(C)c1.c1ccc([B-](c2ccccc2)(c2ccccc2)c2ccccc2)cc1. The molecule has 38 heavy (non-hydrogen) atoms. The van der Waals surface area contributed by atoms with E-state index >= 15 is 0 Å². The molecule has 190 valence electrons. The van der Waals surface area contributed by atoms with Crippen molar-refractivity contribution in [3.05, 3.63) is 166 Å². The Bertz CT molecular complexity index is 1260. The lowest BCUT2D eigenvalue weighted by atomic mass is 9.13. The molecule has 0 aliphatic heterocycles. The van der Waals surface area contributed by atoms with Crippen LogP contribution in [0.2, 0.25) is 5.02 Å². The fourth-order valence-corrected chi connectivity index (χ4v) is 6.31. The molecule has 0 atom stereocenters. The topological polar surface area (TPSA) is 0 Å². The Hall–Kier alpha value is -3.52. The van der Waals surface area contributed by atoms with E-state index in [9.17, 15) is 0 Å². The smallest absolute Gasteiger partial charge is 0.195 e. The van der Waals surface area contributed by atoms with Gasteiger partial charge in [0, 0.05) is 11.1 Å². The quantitative estimate of drug-likeness (QED) is 0.208. The molecule has 5 aromatic rings. The third kappa shape index (κ3) is 6.13. The van der Waals surface area contributed by atoms with Gasteiger partial charge in [-0.25, -0.2) is 0 Å². The van der Waals surface area contributed by atoms with E-state index in [1.807, 2.05) is 5.54 Å². The summed E-state index contributed by atoms with van der Waals surface area (Å²) in [6.07, 6.45) is -1.22. The molecule has 0 fully saturated rings. The zero-order valence-corrected chi connectivity index (χ0v) is 23.7. The van der Waals surface area contributed by atoms with Gasteiger partial charge in [0.05, 0.1) is 5.54 Å². The summed E-state index contributed by atoms with van der Waals surface area (Å²) in [6, 6.07) is 47.9. The maximum atomic E-state index is 5.47. The number of aryl methyl sites for hydroxylation is 3. The minimum atomic E-state index is -1.22. The highest BCUT2D eigenvalue weighted by Gasteiger charge is 2.31. The third-order valence-corrected chi connectivity index (χ3v) is 8.32. The first-order chi connectivity index (χ1) is 18.6. The summed E-state index contributed by atoms with van der Waals surface area (Å²) >= 11 is 5.47. The van der Waals surface area contributed by atoms with Crippen LogP contribution in [0.3, 0.4) is 0 Å². The zero-order valence-electron chi connectivity index (χ0n) is 22.2. The van der Waals surface area contributed by atoms with Crippen LogP contribution in [0.15, 0.2) is 145 Å². The predicted octanol–water partition coefficient (Wildman–Crippen LogP) is 6.89. The van der Waals surface area contributed by atoms with E-state index < -0.39 is 6.15 Å². The molecular weight excluding hydrogens is 502 g/mol. The van der Waals surface area contributed by atoms with Gasteiger partial charge in [0.1, 0.15) is 6.15 Å². The Labute approximate surface area is 236 Å². The monoisotopic (exact) mass is 534 g/mol. The summed E-state index contributed by atoms with van der Waals surface area (Å²) in [5, 5.41) is 1.25. The predicted molar refractivity (Wildman–Crippen MR) is 165 cm³/mol. The maximum absolute atomic E-state index is 5.47. The fourth-order valence-electron chi connectivity index (χ4n) is 5.54. The summed E-state index contributed by atoms with van der Waals surface area (Å²) in [7, 11) is 2.16. The number of hydrogen-bond acceptors (Lipinski definition) is 0. The molecule has 0 nitrogen and oxygen atoms in total. The van der Waals surface area contributed by atoms with Crippen LogP contribution in [-0.2, 0) is 0 Å². The van der Waals surface area contributed by atoms with Crippen molar-refractivity contribution in [1.82, 2.24) is 0 Å². The molecular formula is C35H33BCl2. The van der Waals surface area contributed by atoms with Gasteiger partial charge in [0.2, 0.25) is 21.4 Å². The fraction of sp³-hybridized carbons (Fsp3) is 0.0857. The first-order valence-corrected chi connectivity index (χ1v) is 14.2. The van der Waals surface area contributed by atoms with E-state index in [-0.39, 0.29) is 0 Å². The van der Waals surface area contributed by atoms with E-state index in [4.69, 9.17) is 11.6 Å². The summed E-state index contributed by atoms with van der Waals surface area (Å²) in [5.41, 5.74) is 12.6. The highest BCUT2D eigenvalue weighted by molar-refractivity contribution is 7.19. The van der Waals surface area contributed by atoms with Crippen LogP contribution in [0.5, 0.6) is 0 Å². The van der Waals surface area contributed by atoms with Crippen LogP contribution in [0, 0.1) is 31.6 Å². The first-order valence-electron chi connectivity index (χ1n) is 12.9. The molecule has 5 aromatic carbocycles. The zero-order chi connectivity index (χ0) is 26.8. The highest BCUT2D eigenvalue weighted by Crippen LogP contribution is 2.20. The van der Waals surface area contributed by atoms with Gasteiger partial charge in [-0.05, 0) is 20.8 Å². The van der Waals surface area contributed by atoms with E-state index in [1.54, 1.807) is 0 Å². The number of hydrogen-bond donors (Lipinski definition) is 0. The van der Waals surface area contributed by atoms with Crippen molar-refractivity contribution in [1.29, 1.82) is 0 Å². The van der Waals surface area contributed by atoms with Crippen LogP contribution >= 0.6 is 11.6 Å². The van der Waals surface area contributed by atoms with Crippen molar-refractivity contribution in [3.8, 4) is 0 Å². The molecule has 0 unspecified atom stereocenters. The number of rotatable bonds is 6. The molecule has 0 spiro atoms. The molecule has 0 amide bonds. The molecule has 0 N–H and O–H groups in total. The summed E-state index contributed by atoms with van der Waals surface area (Å²) in [4.78, 5) is 0. The van der Waals surface area contributed by atoms with Gasteiger partial charge in [-0.15, -0.1) is 0 Å². The molecule has 3 heteroatoms. The molecule has 0 aliphatic rings. The Morgan fingerprint density at radius 2 is 0.842 bits per heavy atom. The normalized spacial score (nSPS) is 11.2. The van der Waals surface area contributed by atoms with Crippen molar-refractivity contribution in [2.24, 2.45) is 0 Å². The standard InChI is InChI=1S/C24H20B.C11H13Cl2/c1-5-13-21(14-6-1)25(22-15-7-2-8-16-22,23-17-9-3-10-18-23)24-19-11-4-12-20-24;1-8-6-9(2)11(10(3)7-8)13-5-4-12/h1-20H;4-7H,1-3H3/q-1;+1/b;5-4-. The van der Waals surface area contributed by atoms with Gasteiger partial charge >= 0.3 is 0 Å². The Morgan fingerprint density at radius 3 is 1.13 bits per heavy atom. The number of benzene rings is 5. The summed E-state index contributed by atoms with van der Waals surface area (Å²) in [6.45, 7) is 6.34. The van der Waals surface area contributed by atoms with Gasteiger partial charge in [0.15, 0.2) is 0 Å². The van der Waals surface area contributed by atoms with Gasteiger partial charge in [-0.3, -0.25) is 0 Å². The summed E-state index contributed by atoms with van der Waals surface area (Å²) in [5.74, 6) is 0. The van der Waals surface area contributed by atoms with Crippen molar-refractivity contribution < 1.29 is 10.8 Å². The first kappa shape index (κ1) is 27.5. The largest absolute Gasteiger partial charge is 0.240 e. The van der Waals surface area contributed by atoms with Crippen LogP contribution in [0.25, 0.3) is 0 Å². The van der Waals surface area contributed by atoms with E-state index in [2.05, 4.69) is 165 Å². The molecule has 0 saturated heterocycles. The lowest BCUT2D eigenvalue weighted by Crippen LogP contribution is -2.74. The Morgan fingerprint density at radius 1 is 0.526 bits per heavy atom. The molecule has 0 radical (unpaired) electrons. The molecule has 0 aromatic heterocycles.